The molecular weight excluding hydrogens is 361 g/mol. The van der Waals surface area contributed by atoms with Crippen LogP contribution in [0.25, 0.3) is 0 Å². The minimum atomic E-state index is -4.27. The molecule has 2 fully saturated rings. The first kappa shape index (κ1) is 19.5. The van der Waals surface area contributed by atoms with E-state index in [1.54, 1.807) is 12.1 Å². The first-order valence-electron chi connectivity index (χ1n) is 10.1. The standard InChI is InChI=1S/C23H27F3N2/c24-23(25,26)19-9-7-17(8-10-19)14-27-15-22(11-4-12-22)16-28-21-13-20(21)18-5-2-1-3-6-18/h1-3,5-10,20-21,27-28H,4,11-16H2/t20-,21?/m1/s1. The van der Waals surface area contributed by atoms with Gasteiger partial charge in [-0.15, -0.1) is 0 Å². The lowest BCUT2D eigenvalue weighted by Gasteiger charge is -2.42. The first-order chi connectivity index (χ1) is 13.5. The van der Waals surface area contributed by atoms with Crippen LogP contribution in [0.5, 0.6) is 0 Å². The number of hydrogen-bond donors (Lipinski definition) is 2. The summed E-state index contributed by atoms with van der Waals surface area (Å²) in [4.78, 5) is 0. The molecule has 2 nitrogen and oxygen atoms in total. The summed E-state index contributed by atoms with van der Waals surface area (Å²) in [5.41, 5.74) is 2.01. The number of rotatable bonds is 8. The van der Waals surface area contributed by atoms with Gasteiger partial charge in [0.2, 0.25) is 0 Å². The molecule has 0 amide bonds. The Morgan fingerprint density at radius 2 is 1.64 bits per heavy atom. The molecule has 2 N–H and O–H groups in total. The Labute approximate surface area is 164 Å². The summed E-state index contributed by atoms with van der Waals surface area (Å²) in [5.74, 6) is 0.637. The molecular formula is C23H27F3N2. The Morgan fingerprint density at radius 1 is 0.929 bits per heavy atom. The fourth-order valence-corrected chi connectivity index (χ4v) is 4.21. The largest absolute Gasteiger partial charge is 0.416 e. The number of halogens is 3. The maximum atomic E-state index is 12.6. The molecule has 0 aromatic heterocycles. The molecule has 28 heavy (non-hydrogen) atoms. The van der Waals surface area contributed by atoms with Crippen molar-refractivity contribution in [1.29, 1.82) is 0 Å². The zero-order valence-electron chi connectivity index (χ0n) is 15.9. The summed E-state index contributed by atoms with van der Waals surface area (Å²) in [7, 11) is 0. The Morgan fingerprint density at radius 3 is 2.25 bits per heavy atom. The summed E-state index contributed by atoms with van der Waals surface area (Å²) < 4.78 is 37.9. The summed E-state index contributed by atoms with van der Waals surface area (Å²) in [6.45, 7) is 2.53. The van der Waals surface area contributed by atoms with Gasteiger partial charge in [0, 0.05) is 31.6 Å². The molecule has 1 unspecified atom stereocenters. The molecule has 150 valence electrons. The molecule has 2 saturated carbocycles. The molecule has 0 radical (unpaired) electrons. The van der Waals surface area contributed by atoms with Gasteiger partial charge in [-0.05, 0) is 47.9 Å². The van der Waals surface area contributed by atoms with Crippen molar-refractivity contribution in [3.8, 4) is 0 Å². The third-order valence-electron chi connectivity index (χ3n) is 6.28. The van der Waals surface area contributed by atoms with Gasteiger partial charge in [-0.25, -0.2) is 0 Å². The van der Waals surface area contributed by atoms with E-state index in [0.717, 1.165) is 30.8 Å². The topological polar surface area (TPSA) is 24.1 Å². The minimum absolute atomic E-state index is 0.287. The van der Waals surface area contributed by atoms with E-state index in [2.05, 4.69) is 41.0 Å². The van der Waals surface area contributed by atoms with Gasteiger partial charge >= 0.3 is 6.18 Å². The molecule has 2 aromatic carbocycles. The van der Waals surface area contributed by atoms with E-state index in [-0.39, 0.29) is 5.41 Å². The Bertz CT molecular complexity index is 767. The fraction of sp³-hybridized carbons (Fsp3) is 0.478. The molecule has 0 aliphatic heterocycles. The monoisotopic (exact) mass is 388 g/mol. The van der Waals surface area contributed by atoms with Crippen LogP contribution in [0.3, 0.4) is 0 Å². The second-order valence-electron chi connectivity index (χ2n) is 8.39. The van der Waals surface area contributed by atoms with E-state index in [9.17, 15) is 13.2 Å². The maximum Gasteiger partial charge on any atom is 0.416 e. The molecule has 2 aliphatic rings. The number of hydrogen-bond acceptors (Lipinski definition) is 2. The van der Waals surface area contributed by atoms with Crippen molar-refractivity contribution in [2.24, 2.45) is 5.41 Å². The van der Waals surface area contributed by atoms with E-state index >= 15 is 0 Å². The third-order valence-corrected chi connectivity index (χ3v) is 6.28. The van der Waals surface area contributed by atoms with Crippen LogP contribution in [0.15, 0.2) is 54.6 Å². The van der Waals surface area contributed by atoms with E-state index in [4.69, 9.17) is 0 Å². The lowest BCUT2D eigenvalue weighted by molar-refractivity contribution is -0.137. The van der Waals surface area contributed by atoms with Gasteiger partial charge in [-0.3, -0.25) is 0 Å². The van der Waals surface area contributed by atoms with E-state index < -0.39 is 11.7 Å². The van der Waals surface area contributed by atoms with Crippen LogP contribution in [0, 0.1) is 5.41 Å². The van der Waals surface area contributed by atoms with E-state index in [1.165, 1.54) is 31.2 Å². The van der Waals surface area contributed by atoms with Crippen molar-refractivity contribution in [3.63, 3.8) is 0 Å². The third kappa shape index (κ3) is 4.58. The second kappa shape index (κ2) is 7.88. The quantitative estimate of drug-likeness (QED) is 0.657. The van der Waals surface area contributed by atoms with E-state index in [0.29, 0.717) is 18.5 Å². The van der Waals surface area contributed by atoms with Crippen molar-refractivity contribution in [3.05, 3.63) is 71.3 Å². The predicted octanol–water partition coefficient (Wildman–Crippen LogP) is 5.11. The lowest BCUT2D eigenvalue weighted by atomic mass is 9.68. The molecule has 2 aromatic rings. The average Bonchev–Trinajstić information content (AvgIpc) is 3.43. The summed E-state index contributed by atoms with van der Waals surface area (Å²) in [6.07, 6.45) is 0.620. The lowest BCUT2D eigenvalue weighted by Crippen LogP contribution is -2.47. The fourth-order valence-electron chi connectivity index (χ4n) is 4.21. The molecule has 2 atom stereocenters. The van der Waals surface area contributed by atoms with Crippen LogP contribution in [0.4, 0.5) is 13.2 Å². The number of nitrogens with one attached hydrogen (secondary N) is 2. The highest BCUT2D eigenvalue weighted by Gasteiger charge is 2.42. The van der Waals surface area contributed by atoms with Crippen LogP contribution >= 0.6 is 0 Å². The zero-order valence-corrected chi connectivity index (χ0v) is 15.9. The van der Waals surface area contributed by atoms with Crippen molar-refractivity contribution < 1.29 is 13.2 Å². The van der Waals surface area contributed by atoms with Crippen LogP contribution in [0.2, 0.25) is 0 Å². The van der Waals surface area contributed by atoms with Gasteiger partial charge in [-0.1, -0.05) is 48.9 Å². The zero-order chi connectivity index (χ0) is 19.6. The number of benzene rings is 2. The molecule has 0 heterocycles. The SMILES string of the molecule is FC(F)(F)c1ccc(CNCC2(CNC3C[C@@H]3c3ccccc3)CCC2)cc1. The van der Waals surface area contributed by atoms with Gasteiger partial charge in [0.25, 0.3) is 0 Å². The van der Waals surface area contributed by atoms with Gasteiger partial charge < -0.3 is 10.6 Å². The van der Waals surface area contributed by atoms with Crippen LogP contribution in [-0.2, 0) is 12.7 Å². The Kier molecular flexibility index (Phi) is 5.48. The summed E-state index contributed by atoms with van der Waals surface area (Å²) >= 11 is 0. The Hall–Kier alpha value is -1.85. The van der Waals surface area contributed by atoms with Gasteiger partial charge in [-0.2, -0.15) is 13.2 Å². The van der Waals surface area contributed by atoms with Crippen molar-refractivity contribution >= 4 is 0 Å². The average molecular weight is 388 g/mol. The molecule has 0 saturated heterocycles. The van der Waals surface area contributed by atoms with Crippen LogP contribution in [0.1, 0.15) is 48.3 Å². The maximum absolute atomic E-state index is 12.6. The Balaban J connectivity index is 1.22. The van der Waals surface area contributed by atoms with Crippen molar-refractivity contribution in [2.75, 3.05) is 13.1 Å². The highest BCUT2D eigenvalue weighted by Crippen LogP contribution is 2.44. The highest BCUT2D eigenvalue weighted by molar-refractivity contribution is 5.28. The molecule has 2 aliphatic carbocycles. The van der Waals surface area contributed by atoms with E-state index in [1.807, 2.05) is 0 Å². The number of alkyl halides is 3. The van der Waals surface area contributed by atoms with Crippen molar-refractivity contribution in [2.45, 2.75) is 50.4 Å². The molecule has 0 bridgehead atoms. The van der Waals surface area contributed by atoms with Crippen LogP contribution in [-0.4, -0.2) is 19.1 Å². The van der Waals surface area contributed by atoms with Crippen molar-refractivity contribution in [1.82, 2.24) is 10.6 Å². The van der Waals surface area contributed by atoms with Gasteiger partial charge in [0.15, 0.2) is 0 Å². The van der Waals surface area contributed by atoms with Gasteiger partial charge in [0.05, 0.1) is 5.56 Å². The normalized spacial score (nSPS) is 23.2. The second-order valence-corrected chi connectivity index (χ2v) is 8.39. The molecule has 4 rings (SSSR count). The molecule has 5 heteroatoms. The minimum Gasteiger partial charge on any atom is -0.313 e. The smallest absolute Gasteiger partial charge is 0.313 e. The summed E-state index contributed by atoms with van der Waals surface area (Å²) in [5, 5.41) is 7.22. The highest BCUT2D eigenvalue weighted by atomic mass is 19.4. The van der Waals surface area contributed by atoms with Gasteiger partial charge in [0.1, 0.15) is 0 Å². The molecule has 0 spiro atoms. The van der Waals surface area contributed by atoms with Crippen LogP contribution < -0.4 is 10.6 Å². The predicted molar refractivity (Wildman–Crippen MR) is 105 cm³/mol. The first-order valence-corrected chi connectivity index (χ1v) is 10.1. The summed E-state index contributed by atoms with van der Waals surface area (Å²) in [6, 6.07) is 16.7.